The first-order valence-corrected chi connectivity index (χ1v) is 6.70. The van der Waals surface area contributed by atoms with E-state index in [1.54, 1.807) is 0 Å². The lowest BCUT2D eigenvalue weighted by molar-refractivity contribution is 0.568. The van der Waals surface area contributed by atoms with Gasteiger partial charge in [0.2, 0.25) is 0 Å². The molecule has 3 nitrogen and oxygen atoms in total. The fraction of sp³-hybridized carbons (Fsp3) is 0.438. The van der Waals surface area contributed by atoms with Gasteiger partial charge >= 0.3 is 0 Å². The van der Waals surface area contributed by atoms with Crippen LogP contribution in [-0.4, -0.2) is 9.78 Å². The molecule has 0 saturated heterocycles. The minimum atomic E-state index is 0.155. The third kappa shape index (κ3) is 2.65. The molecule has 1 atom stereocenters. The molecule has 1 aromatic carbocycles. The molecule has 2 N–H and O–H groups in total. The van der Waals surface area contributed by atoms with Gasteiger partial charge in [0.05, 0.1) is 12.2 Å². The summed E-state index contributed by atoms with van der Waals surface area (Å²) in [6.45, 7) is 10.8. The second kappa shape index (κ2) is 4.72. The van der Waals surface area contributed by atoms with Crippen molar-refractivity contribution < 1.29 is 0 Å². The number of hydrogen-bond donors (Lipinski definition) is 1. The second-order valence-corrected chi connectivity index (χ2v) is 6.21. The van der Waals surface area contributed by atoms with E-state index in [2.05, 4.69) is 57.1 Å². The highest BCUT2D eigenvalue weighted by molar-refractivity contribution is 5.39. The standard InChI is InChI=1S/C16H23N3/c1-11-10-18-19(15(11)17)12(2)13-6-8-14(9-7-13)16(3,4)5/h6-10,12H,17H2,1-5H3. The number of anilines is 1. The van der Waals surface area contributed by atoms with Crippen LogP contribution in [0, 0.1) is 6.92 Å². The van der Waals surface area contributed by atoms with Crippen molar-refractivity contribution in [1.82, 2.24) is 9.78 Å². The van der Waals surface area contributed by atoms with Gasteiger partial charge in [-0.25, -0.2) is 4.68 Å². The van der Waals surface area contributed by atoms with E-state index in [1.165, 1.54) is 11.1 Å². The maximum atomic E-state index is 6.04. The van der Waals surface area contributed by atoms with E-state index in [4.69, 9.17) is 5.73 Å². The molecule has 0 amide bonds. The summed E-state index contributed by atoms with van der Waals surface area (Å²) in [7, 11) is 0. The first kappa shape index (κ1) is 13.7. The highest BCUT2D eigenvalue weighted by Crippen LogP contribution is 2.26. The summed E-state index contributed by atoms with van der Waals surface area (Å²) < 4.78 is 1.88. The smallest absolute Gasteiger partial charge is 0.125 e. The van der Waals surface area contributed by atoms with Crippen LogP contribution < -0.4 is 5.73 Å². The Morgan fingerprint density at radius 1 is 1.16 bits per heavy atom. The van der Waals surface area contributed by atoms with Crippen LogP contribution in [0.5, 0.6) is 0 Å². The Bertz CT molecular complexity index is 559. The van der Waals surface area contributed by atoms with E-state index in [1.807, 2.05) is 17.8 Å². The van der Waals surface area contributed by atoms with Crippen molar-refractivity contribution in [2.45, 2.75) is 46.1 Å². The molecule has 3 heteroatoms. The van der Waals surface area contributed by atoms with Crippen molar-refractivity contribution in [2.24, 2.45) is 0 Å². The lowest BCUT2D eigenvalue weighted by Crippen LogP contribution is -2.13. The van der Waals surface area contributed by atoms with E-state index in [0.29, 0.717) is 0 Å². The quantitative estimate of drug-likeness (QED) is 0.892. The van der Waals surface area contributed by atoms with Crippen LogP contribution in [-0.2, 0) is 5.41 Å². The van der Waals surface area contributed by atoms with E-state index >= 15 is 0 Å². The Balaban J connectivity index is 2.30. The lowest BCUT2D eigenvalue weighted by atomic mass is 9.86. The minimum absolute atomic E-state index is 0.155. The van der Waals surface area contributed by atoms with Crippen LogP contribution in [0.4, 0.5) is 5.82 Å². The number of nitrogens with two attached hydrogens (primary N) is 1. The highest BCUT2D eigenvalue weighted by atomic mass is 15.3. The molecule has 0 radical (unpaired) electrons. The zero-order valence-electron chi connectivity index (χ0n) is 12.4. The van der Waals surface area contributed by atoms with E-state index < -0.39 is 0 Å². The summed E-state index contributed by atoms with van der Waals surface area (Å²) >= 11 is 0. The van der Waals surface area contributed by atoms with Gasteiger partial charge in [-0.15, -0.1) is 0 Å². The van der Waals surface area contributed by atoms with E-state index in [-0.39, 0.29) is 11.5 Å². The van der Waals surface area contributed by atoms with Gasteiger partial charge in [-0.05, 0) is 30.4 Å². The van der Waals surface area contributed by atoms with Crippen LogP contribution in [0.25, 0.3) is 0 Å². The molecule has 102 valence electrons. The maximum Gasteiger partial charge on any atom is 0.125 e. The molecule has 1 aromatic heterocycles. The van der Waals surface area contributed by atoms with Gasteiger partial charge in [0.1, 0.15) is 5.82 Å². The summed E-state index contributed by atoms with van der Waals surface area (Å²) in [6.07, 6.45) is 1.81. The molecule has 2 aromatic rings. The van der Waals surface area contributed by atoms with Crippen LogP contribution in [0.1, 0.15) is 50.4 Å². The summed E-state index contributed by atoms with van der Waals surface area (Å²) in [4.78, 5) is 0. The Kier molecular flexibility index (Phi) is 3.40. The summed E-state index contributed by atoms with van der Waals surface area (Å²) in [5.41, 5.74) is 9.82. The SMILES string of the molecule is Cc1cnn(C(C)c2ccc(C(C)(C)C)cc2)c1N. The van der Waals surface area contributed by atoms with Gasteiger partial charge in [-0.2, -0.15) is 5.10 Å². The third-order valence-electron chi connectivity index (χ3n) is 3.65. The van der Waals surface area contributed by atoms with Crippen molar-refractivity contribution in [3.8, 4) is 0 Å². The number of aryl methyl sites for hydroxylation is 1. The summed E-state index contributed by atoms with van der Waals surface area (Å²) in [6, 6.07) is 8.88. The number of nitrogen functional groups attached to an aromatic ring is 1. The highest BCUT2D eigenvalue weighted by Gasteiger charge is 2.16. The summed E-state index contributed by atoms with van der Waals surface area (Å²) in [5.74, 6) is 0.743. The van der Waals surface area contributed by atoms with Crippen LogP contribution in [0.2, 0.25) is 0 Å². The number of hydrogen-bond acceptors (Lipinski definition) is 2. The first-order chi connectivity index (χ1) is 8.80. The molecule has 0 saturated carbocycles. The van der Waals surface area contributed by atoms with Gasteiger partial charge in [-0.1, -0.05) is 45.0 Å². The van der Waals surface area contributed by atoms with E-state index in [9.17, 15) is 0 Å². The van der Waals surface area contributed by atoms with Crippen molar-refractivity contribution in [1.29, 1.82) is 0 Å². The number of aromatic nitrogens is 2. The second-order valence-electron chi connectivity index (χ2n) is 6.21. The average Bonchev–Trinajstić information content (AvgIpc) is 2.68. The monoisotopic (exact) mass is 257 g/mol. The summed E-state index contributed by atoms with van der Waals surface area (Å²) in [5, 5.41) is 4.35. The molecule has 19 heavy (non-hydrogen) atoms. The van der Waals surface area contributed by atoms with Gasteiger partial charge in [0, 0.05) is 5.56 Å². The van der Waals surface area contributed by atoms with Crippen LogP contribution >= 0.6 is 0 Å². The molecule has 0 aliphatic heterocycles. The Morgan fingerprint density at radius 2 is 1.74 bits per heavy atom. The molecular formula is C16H23N3. The zero-order valence-corrected chi connectivity index (χ0v) is 12.4. The molecule has 0 spiro atoms. The number of benzene rings is 1. The van der Waals surface area contributed by atoms with Gasteiger partial charge in [0.25, 0.3) is 0 Å². The molecule has 0 aliphatic rings. The van der Waals surface area contributed by atoms with E-state index in [0.717, 1.165) is 11.4 Å². The molecule has 1 heterocycles. The minimum Gasteiger partial charge on any atom is -0.384 e. The third-order valence-corrected chi connectivity index (χ3v) is 3.65. The normalized spacial score (nSPS) is 13.5. The van der Waals surface area contributed by atoms with Crippen LogP contribution in [0.15, 0.2) is 30.5 Å². The number of nitrogens with zero attached hydrogens (tertiary/aromatic N) is 2. The fourth-order valence-corrected chi connectivity index (χ4v) is 2.17. The molecule has 0 fully saturated rings. The molecule has 0 aliphatic carbocycles. The number of rotatable bonds is 2. The Labute approximate surface area is 115 Å². The van der Waals surface area contributed by atoms with Gasteiger partial charge in [0.15, 0.2) is 0 Å². The first-order valence-electron chi connectivity index (χ1n) is 6.70. The zero-order chi connectivity index (χ0) is 14.2. The Hall–Kier alpha value is -1.77. The van der Waals surface area contributed by atoms with Gasteiger partial charge < -0.3 is 5.73 Å². The predicted molar refractivity (Wildman–Crippen MR) is 80.3 cm³/mol. The van der Waals surface area contributed by atoms with Crippen molar-refractivity contribution in [2.75, 3.05) is 5.73 Å². The predicted octanol–water partition coefficient (Wildman–Crippen LogP) is 3.68. The topological polar surface area (TPSA) is 43.8 Å². The Morgan fingerprint density at radius 3 is 2.16 bits per heavy atom. The largest absolute Gasteiger partial charge is 0.384 e. The molecule has 0 bridgehead atoms. The van der Waals surface area contributed by atoms with Crippen LogP contribution in [0.3, 0.4) is 0 Å². The molecular weight excluding hydrogens is 234 g/mol. The maximum absolute atomic E-state index is 6.04. The van der Waals surface area contributed by atoms with Crippen molar-refractivity contribution in [3.63, 3.8) is 0 Å². The lowest BCUT2D eigenvalue weighted by Gasteiger charge is -2.21. The molecule has 2 rings (SSSR count). The van der Waals surface area contributed by atoms with Crippen molar-refractivity contribution in [3.05, 3.63) is 47.2 Å². The van der Waals surface area contributed by atoms with Crippen molar-refractivity contribution >= 4 is 5.82 Å². The van der Waals surface area contributed by atoms with Gasteiger partial charge in [-0.3, -0.25) is 0 Å². The average molecular weight is 257 g/mol. The fourth-order valence-electron chi connectivity index (χ4n) is 2.17. The molecule has 1 unspecified atom stereocenters.